The van der Waals surface area contributed by atoms with Gasteiger partial charge in [-0.2, -0.15) is 5.10 Å². The molecule has 4 rings (SSSR count). The monoisotopic (exact) mass is 335 g/mol. The van der Waals surface area contributed by atoms with Crippen molar-refractivity contribution in [1.82, 2.24) is 14.7 Å². The van der Waals surface area contributed by atoms with Crippen LogP contribution in [0.3, 0.4) is 0 Å². The molecule has 0 N–H and O–H groups in total. The Bertz CT molecular complexity index is 529. The summed E-state index contributed by atoms with van der Waals surface area (Å²) in [7, 11) is 1.97. The second kappa shape index (κ2) is 7.52. The number of ether oxygens (including phenoxy) is 3. The number of nitrogens with zero attached hydrogens (tertiary/aromatic N) is 3. The van der Waals surface area contributed by atoms with Crippen LogP contribution in [-0.4, -0.2) is 65.9 Å². The first-order chi connectivity index (χ1) is 11.8. The first-order valence-electron chi connectivity index (χ1n) is 9.32. The van der Waals surface area contributed by atoms with Crippen LogP contribution in [0.4, 0.5) is 0 Å². The lowest BCUT2D eigenvalue weighted by Gasteiger charge is -2.39. The molecular formula is C18H29N3O3. The van der Waals surface area contributed by atoms with Crippen LogP contribution >= 0.6 is 0 Å². The largest absolute Gasteiger partial charge is 0.381 e. The SMILES string of the molecule is Cn1cc(CN2CCO[C@H]3[C@H](OCC4CCOCC4)CC[C@@H]32)cn1. The Morgan fingerprint density at radius 3 is 2.88 bits per heavy atom. The molecule has 0 aromatic carbocycles. The zero-order valence-electron chi connectivity index (χ0n) is 14.6. The van der Waals surface area contributed by atoms with Crippen molar-refractivity contribution >= 4 is 0 Å². The lowest BCUT2D eigenvalue weighted by Crippen LogP contribution is -2.51. The van der Waals surface area contributed by atoms with Gasteiger partial charge in [0.15, 0.2) is 0 Å². The minimum atomic E-state index is 0.232. The summed E-state index contributed by atoms with van der Waals surface area (Å²) >= 11 is 0. The van der Waals surface area contributed by atoms with Gasteiger partial charge in [-0.05, 0) is 31.6 Å². The van der Waals surface area contributed by atoms with E-state index in [-0.39, 0.29) is 12.2 Å². The predicted molar refractivity (Wildman–Crippen MR) is 89.7 cm³/mol. The van der Waals surface area contributed by atoms with Gasteiger partial charge in [0.05, 0.1) is 31.6 Å². The average molecular weight is 335 g/mol. The summed E-state index contributed by atoms with van der Waals surface area (Å²) in [4.78, 5) is 2.56. The summed E-state index contributed by atoms with van der Waals surface area (Å²) < 4.78 is 19.7. The Morgan fingerprint density at radius 1 is 1.21 bits per heavy atom. The maximum atomic E-state index is 6.29. The molecule has 1 aromatic heterocycles. The van der Waals surface area contributed by atoms with Crippen LogP contribution in [-0.2, 0) is 27.8 Å². The van der Waals surface area contributed by atoms with Crippen molar-refractivity contribution in [2.24, 2.45) is 13.0 Å². The molecule has 0 radical (unpaired) electrons. The molecule has 0 amide bonds. The number of fused-ring (bicyclic) bond motifs is 1. The van der Waals surface area contributed by atoms with Crippen molar-refractivity contribution in [3.63, 3.8) is 0 Å². The van der Waals surface area contributed by atoms with Gasteiger partial charge in [0.25, 0.3) is 0 Å². The molecular weight excluding hydrogens is 306 g/mol. The van der Waals surface area contributed by atoms with Crippen molar-refractivity contribution < 1.29 is 14.2 Å². The molecule has 134 valence electrons. The summed E-state index contributed by atoms with van der Waals surface area (Å²) in [6.07, 6.45) is 9.12. The van der Waals surface area contributed by atoms with E-state index in [0.717, 1.165) is 58.8 Å². The van der Waals surface area contributed by atoms with E-state index in [2.05, 4.69) is 16.2 Å². The minimum absolute atomic E-state index is 0.232. The van der Waals surface area contributed by atoms with Crippen molar-refractivity contribution in [2.75, 3.05) is 33.0 Å². The zero-order chi connectivity index (χ0) is 16.4. The predicted octanol–water partition coefficient (Wildman–Crippen LogP) is 1.60. The quantitative estimate of drug-likeness (QED) is 0.818. The number of morpholine rings is 1. The molecule has 3 fully saturated rings. The third kappa shape index (κ3) is 3.67. The van der Waals surface area contributed by atoms with Crippen molar-refractivity contribution in [1.29, 1.82) is 0 Å². The molecule has 2 saturated heterocycles. The first-order valence-corrected chi connectivity index (χ1v) is 9.32. The van der Waals surface area contributed by atoms with E-state index in [1.165, 1.54) is 12.0 Å². The molecule has 6 nitrogen and oxygen atoms in total. The topological polar surface area (TPSA) is 48.8 Å². The van der Waals surface area contributed by atoms with E-state index >= 15 is 0 Å². The van der Waals surface area contributed by atoms with E-state index in [4.69, 9.17) is 14.2 Å². The van der Waals surface area contributed by atoms with Gasteiger partial charge in [-0.3, -0.25) is 9.58 Å². The van der Waals surface area contributed by atoms with Crippen LogP contribution in [0.5, 0.6) is 0 Å². The van der Waals surface area contributed by atoms with E-state index in [1.54, 1.807) is 0 Å². The summed E-state index contributed by atoms with van der Waals surface area (Å²) in [5.74, 6) is 0.660. The molecule has 0 unspecified atom stereocenters. The summed E-state index contributed by atoms with van der Waals surface area (Å²) in [6.45, 7) is 5.41. The van der Waals surface area contributed by atoms with Gasteiger partial charge in [0.2, 0.25) is 0 Å². The van der Waals surface area contributed by atoms with Gasteiger partial charge in [0.1, 0.15) is 0 Å². The lowest BCUT2D eigenvalue weighted by atomic mass is 10.0. The summed E-state index contributed by atoms with van der Waals surface area (Å²) in [5.41, 5.74) is 1.28. The molecule has 3 heterocycles. The van der Waals surface area contributed by atoms with Gasteiger partial charge in [-0.1, -0.05) is 0 Å². The van der Waals surface area contributed by atoms with Gasteiger partial charge < -0.3 is 14.2 Å². The number of aromatic nitrogens is 2. The van der Waals surface area contributed by atoms with E-state index < -0.39 is 0 Å². The molecule has 0 spiro atoms. The first kappa shape index (κ1) is 16.5. The molecule has 0 bridgehead atoms. The van der Waals surface area contributed by atoms with Gasteiger partial charge >= 0.3 is 0 Å². The molecule has 1 aromatic rings. The highest BCUT2D eigenvalue weighted by molar-refractivity contribution is 5.06. The maximum Gasteiger partial charge on any atom is 0.0992 e. The van der Waals surface area contributed by atoms with Crippen molar-refractivity contribution in [3.05, 3.63) is 18.0 Å². The number of hydrogen-bond acceptors (Lipinski definition) is 5. The van der Waals surface area contributed by atoms with Crippen LogP contribution in [0, 0.1) is 5.92 Å². The summed E-state index contributed by atoms with van der Waals surface area (Å²) in [5, 5.41) is 4.29. The lowest BCUT2D eigenvalue weighted by molar-refractivity contribution is -0.122. The maximum absolute atomic E-state index is 6.29. The fourth-order valence-corrected chi connectivity index (χ4v) is 4.33. The minimum Gasteiger partial charge on any atom is -0.381 e. The Balaban J connectivity index is 1.32. The van der Waals surface area contributed by atoms with Gasteiger partial charge in [0, 0.05) is 51.2 Å². The Morgan fingerprint density at radius 2 is 2.08 bits per heavy atom. The van der Waals surface area contributed by atoms with Crippen molar-refractivity contribution in [3.8, 4) is 0 Å². The second-order valence-corrected chi connectivity index (χ2v) is 7.40. The van der Waals surface area contributed by atoms with Crippen LogP contribution in [0.2, 0.25) is 0 Å². The van der Waals surface area contributed by atoms with Gasteiger partial charge in [-0.25, -0.2) is 0 Å². The highest BCUT2D eigenvalue weighted by Gasteiger charge is 2.43. The molecule has 3 aliphatic rings. The number of rotatable bonds is 5. The van der Waals surface area contributed by atoms with Crippen molar-refractivity contribution in [2.45, 2.75) is 50.5 Å². The Kier molecular flexibility index (Phi) is 5.17. The van der Waals surface area contributed by atoms with Crippen LogP contribution < -0.4 is 0 Å². The fraction of sp³-hybridized carbons (Fsp3) is 0.833. The highest BCUT2D eigenvalue weighted by Crippen LogP contribution is 2.33. The number of aryl methyl sites for hydroxylation is 1. The van der Waals surface area contributed by atoms with Crippen LogP contribution in [0.15, 0.2) is 12.4 Å². The highest BCUT2D eigenvalue weighted by atomic mass is 16.5. The van der Waals surface area contributed by atoms with E-state index in [0.29, 0.717) is 12.0 Å². The third-order valence-corrected chi connectivity index (χ3v) is 5.68. The Labute approximate surface area is 144 Å². The smallest absolute Gasteiger partial charge is 0.0992 e. The number of hydrogen-bond donors (Lipinski definition) is 0. The second-order valence-electron chi connectivity index (χ2n) is 7.40. The van der Waals surface area contributed by atoms with Gasteiger partial charge in [-0.15, -0.1) is 0 Å². The van der Waals surface area contributed by atoms with Crippen LogP contribution in [0.25, 0.3) is 0 Å². The normalized spacial score (nSPS) is 32.1. The molecule has 2 aliphatic heterocycles. The molecule has 1 aliphatic carbocycles. The van der Waals surface area contributed by atoms with E-state index in [1.807, 2.05) is 17.9 Å². The molecule has 24 heavy (non-hydrogen) atoms. The molecule has 6 heteroatoms. The third-order valence-electron chi connectivity index (χ3n) is 5.68. The average Bonchev–Trinajstić information content (AvgIpc) is 3.21. The molecule has 3 atom stereocenters. The standard InChI is InChI=1S/C18H29N3O3/c1-20-11-15(10-19-20)12-21-6-9-23-18-16(21)2-3-17(18)24-13-14-4-7-22-8-5-14/h10-11,14,16-18H,2-9,12-13H2,1H3/t16-,17+,18+/m0/s1. The fourth-order valence-electron chi connectivity index (χ4n) is 4.33. The van der Waals surface area contributed by atoms with E-state index in [9.17, 15) is 0 Å². The molecule has 1 saturated carbocycles. The Hall–Kier alpha value is -0.950. The summed E-state index contributed by atoms with van der Waals surface area (Å²) in [6, 6.07) is 0.485. The van der Waals surface area contributed by atoms with Crippen LogP contribution in [0.1, 0.15) is 31.2 Å². The zero-order valence-corrected chi connectivity index (χ0v) is 14.6.